The average molecular weight is 704 g/mol. The third-order valence-electron chi connectivity index (χ3n) is 7.86. The Morgan fingerprint density at radius 2 is 0.587 bits per heavy atom. The molecule has 0 bridgehead atoms. The fraction of sp³-hybridized carbons (Fsp3) is 0.176. The summed E-state index contributed by atoms with van der Waals surface area (Å²) in [5.41, 5.74) is 2.96. The van der Waals surface area contributed by atoms with Crippen LogP contribution in [-0.4, -0.2) is 44.3 Å². The molecule has 0 atom stereocenters. The van der Waals surface area contributed by atoms with Crippen molar-refractivity contribution in [3.05, 3.63) is 135 Å². The van der Waals surface area contributed by atoms with Crippen molar-refractivity contribution in [1.29, 1.82) is 0 Å². The Balaban J connectivity index is 2.20. The quantitative estimate of drug-likeness (QED) is 0.135. The van der Waals surface area contributed by atoms with Crippen molar-refractivity contribution < 1.29 is 39.6 Å². The van der Waals surface area contributed by atoms with Gasteiger partial charge < -0.3 is 20.4 Å². The van der Waals surface area contributed by atoms with Gasteiger partial charge in [0.05, 0.1) is 42.3 Å². The second-order valence-corrected chi connectivity index (χ2v) is 12.6. The molecule has 0 fully saturated rings. The Morgan fingerprint density at radius 1 is 0.413 bits per heavy atom. The lowest BCUT2D eigenvalue weighted by Gasteiger charge is -2.32. The summed E-state index contributed by atoms with van der Waals surface area (Å²) in [6.07, 6.45) is 0. The van der Waals surface area contributed by atoms with E-state index in [1.54, 1.807) is 52.0 Å². The summed E-state index contributed by atoms with van der Waals surface area (Å²) < 4.78 is 0. The van der Waals surface area contributed by atoms with Gasteiger partial charge >= 0.3 is 23.9 Å². The molecule has 0 aliphatic carbocycles. The number of carboxylic acid groups (broad SMARTS) is 4. The van der Waals surface area contributed by atoms with E-state index in [1.807, 2.05) is 0 Å². The molecule has 0 aromatic heterocycles. The van der Waals surface area contributed by atoms with Gasteiger partial charge in [0.25, 0.3) is 0 Å². The van der Waals surface area contributed by atoms with Crippen LogP contribution in [0.25, 0.3) is 0 Å². The SMILES string of the molecule is Cc1cc(C(c2cc(C)c(C(=O)O)c(Cl)c2)C(c2cc(C)c(C(=O)O)c(Cl)c2)c2cc(C)c(C(=O)O)c(Cl)c2)cc(Cl)c1C(=O)O. The van der Waals surface area contributed by atoms with Crippen molar-refractivity contribution in [1.82, 2.24) is 0 Å². The highest BCUT2D eigenvalue weighted by Crippen LogP contribution is 2.47. The second kappa shape index (κ2) is 13.3. The van der Waals surface area contributed by atoms with E-state index in [4.69, 9.17) is 46.4 Å². The molecule has 0 amide bonds. The Labute approximate surface area is 283 Å². The highest BCUT2D eigenvalue weighted by atomic mass is 35.5. The molecule has 46 heavy (non-hydrogen) atoms. The van der Waals surface area contributed by atoms with Gasteiger partial charge in [-0.15, -0.1) is 0 Å². The van der Waals surface area contributed by atoms with Crippen molar-refractivity contribution in [2.45, 2.75) is 39.5 Å². The third kappa shape index (κ3) is 6.57. The van der Waals surface area contributed by atoms with Gasteiger partial charge in [0, 0.05) is 11.8 Å². The third-order valence-corrected chi connectivity index (χ3v) is 9.06. The van der Waals surface area contributed by atoms with Gasteiger partial charge in [-0.1, -0.05) is 70.7 Å². The Kier molecular flexibility index (Phi) is 10.1. The maximum atomic E-state index is 12.0. The van der Waals surface area contributed by atoms with Crippen molar-refractivity contribution in [3.8, 4) is 0 Å². The Hall–Kier alpha value is -4.08. The van der Waals surface area contributed by atoms with E-state index >= 15 is 0 Å². The van der Waals surface area contributed by atoms with E-state index in [0.717, 1.165) is 0 Å². The molecular weight excluding hydrogens is 678 g/mol. The normalized spacial score (nSPS) is 11.3. The number of carbonyl (C=O) groups is 4. The maximum absolute atomic E-state index is 12.0. The van der Waals surface area contributed by atoms with E-state index < -0.39 is 35.7 Å². The van der Waals surface area contributed by atoms with Crippen LogP contribution in [0.4, 0.5) is 0 Å². The number of halogens is 4. The predicted molar refractivity (Wildman–Crippen MR) is 176 cm³/mol. The molecule has 0 saturated heterocycles. The molecule has 12 heteroatoms. The number of carboxylic acids is 4. The largest absolute Gasteiger partial charge is 0.478 e. The minimum Gasteiger partial charge on any atom is -0.478 e. The average Bonchev–Trinajstić information content (AvgIpc) is 2.88. The topological polar surface area (TPSA) is 149 Å². The number of aromatic carboxylic acids is 4. The van der Waals surface area contributed by atoms with E-state index in [9.17, 15) is 39.6 Å². The van der Waals surface area contributed by atoms with Gasteiger partial charge in [-0.05, 0) is 96.5 Å². The summed E-state index contributed by atoms with van der Waals surface area (Å²) >= 11 is 26.2. The van der Waals surface area contributed by atoms with Gasteiger partial charge in [0.2, 0.25) is 0 Å². The van der Waals surface area contributed by atoms with Gasteiger partial charge in [0.1, 0.15) is 0 Å². The summed E-state index contributed by atoms with van der Waals surface area (Å²) in [4.78, 5) is 48.0. The molecule has 0 saturated carbocycles. The van der Waals surface area contributed by atoms with Gasteiger partial charge in [-0.2, -0.15) is 0 Å². The highest BCUT2D eigenvalue weighted by molar-refractivity contribution is 6.35. The van der Waals surface area contributed by atoms with E-state index in [0.29, 0.717) is 44.5 Å². The molecule has 0 aliphatic heterocycles. The summed E-state index contributed by atoms with van der Waals surface area (Å²) in [5, 5.41) is 39.0. The van der Waals surface area contributed by atoms with Crippen molar-refractivity contribution >= 4 is 70.3 Å². The zero-order chi connectivity index (χ0) is 34.4. The molecular formula is C34H26Cl4O8. The fourth-order valence-electron chi connectivity index (χ4n) is 6.04. The Bertz CT molecular complexity index is 1590. The molecule has 0 heterocycles. The number of hydrogen-bond donors (Lipinski definition) is 4. The predicted octanol–water partition coefficient (Wildman–Crippen LogP) is 9.29. The van der Waals surface area contributed by atoms with Gasteiger partial charge in [-0.3, -0.25) is 0 Å². The van der Waals surface area contributed by atoms with Crippen LogP contribution in [0, 0.1) is 27.7 Å². The lowest BCUT2D eigenvalue weighted by atomic mass is 9.72. The summed E-state index contributed by atoms with van der Waals surface area (Å²) in [6, 6.07) is 12.5. The lowest BCUT2D eigenvalue weighted by Crippen LogP contribution is -2.18. The minimum absolute atomic E-state index is 0.0536. The molecule has 0 spiro atoms. The van der Waals surface area contributed by atoms with Crippen LogP contribution in [0.2, 0.25) is 20.1 Å². The first-order chi connectivity index (χ1) is 21.4. The molecule has 4 rings (SSSR count). The van der Waals surface area contributed by atoms with Crippen molar-refractivity contribution in [3.63, 3.8) is 0 Å². The monoisotopic (exact) mass is 702 g/mol. The Morgan fingerprint density at radius 3 is 0.717 bits per heavy atom. The van der Waals surface area contributed by atoms with Crippen LogP contribution in [-0.2, 0) is 0 Å². The zero-order valence-electron chi connectivity index (χ0n) is 24.7. The first-order valence-electron chi connectivity index (χ1n) is 13.6. The summed E-state index contributed by atoms with van der Waals surface area (Å²) in [6.45, 7) is 6.34. The van der Waals surface area contributed by atoms with E-state index in [-0.39, 0.29) is 42.3 Å². The summed E-state index contributed by atoms with van der Waals surface area (Å²) in [7, 11) is 0. The fourth-order valence-corrected chi connectivity index (χ4v) is 7.46. The molecule has 0 aliphatic rings. The number of aryl methyl sites for hydroxylation is 4. The molecule has 0 radical (unpaired) electrons. The van der Waals surface area contributed by atoms with Crippen molar-refractivity contribution in [2.75, 3.05) is 0 Å². The van der Waals surface area contributed by atoms with Crippen LogP contribution in [0.1, 0.15) is 97.8 Å². The second-order valence-electron chi connectivity index (χ2n) is 11.0. The number of hydrogen-bond acceptors (Lipinski definition) is 4. The molecule has 4 aromatic carbocycles. The smallest absolute Gasteiger partial charge is 0.337 e. The highest BCUT2D eigenvalue weighted by Gasteiger charge is 2.33. The molecule has 238 valence electrons. The molecule has 4 N–H and O–H groups in total. The minimum atomic E-state index is -1.23. The zero-order valence-corrected chi connectivity index (χ0v) is 27.7. The van der Waals surface area contributed by atoms with Crippen LogP contribution < -0.4 is 0 Å². The van der Waals surface area contributed by atoms with E-state index in [1.165, 1.54) is 24.3 Å². The van der Waals surface area contributed by atoms with Gasteiger partial charge in [-0.25, -0.2) is 19.2 Å². The van der Waals surface area contributed by atoms with Crippen LogP contribution in [0.5, 0.6) is 0 Å². The number of rotatable bonds is 9. The first-order valence-corrected chi connectivity index (χ1v) is 15.1. The van der Waals surface area contributed by atoms with Gasteiger partial charge in [0.15, 0.2) is 0 Å². The van der Waals surface area contributed by atoms with E-state index in [2.05, 4.69) is 0 Å². The van der Waals surface area contributed by atoms with Crippen LogP contribution in [0.15, 0.2) is 48.5 Å². The lowest BCUT2D eigenvalue weighted by molar-refractivity contribution is 0.0685. The molecule has 4 aromatic rings. The molecule has 0 unspecified atom stereocenters. The number of benzene rings is 4. The standard InChI is InChI=1S/C34H26Cl4O8/c1-13-5-17(9-21(35)25(13)31(39)40)29(18-6-14(2)26(32(41)42)22(36)10-18)30(19-7-15(3)27(33(43)44)23(37)11-19)20-8-16(4)28(34(45)46)24(38)12-20/h5-12,29-30H,1-4H3,(H,39,40)(H,41,42)(H,43,44)(H,45,46). The van der Waals surface area contributed by atoms with Crippen LogP contribution in [0.3, 0.4) is 0 Å². The molecule has 8 nitrogen and oxygen atoms in total. The first kappa shape index (κ1) is 34.8. The summed E-state index contributed by atoms with van der Waals surface area (Å²) in [5.74, 6) is -6.52. The maximum Gasteiger partial charge on any atom is 0.337 e. The van der Waals surface area contributed by atoms with Crippen LogP contribution >= 0.6 is 46.4 Å². The van der Waals surface area contributed by atoms with Crippen molar-refractivity contribution in [2.24, 2.45) is 0 Å².